The summed E-state index contributed by atoms with van der Waals surface area (Å²) >= 11 is 1.31. The minimum absolute atomic E-state index is 0.251. The number of amidine groups is 1. The van der Waals surface area contributed by atoms with Gasteiger partial charge in [0.15, 0.2) is 16.5 Å². The number of imide groups is 1. The summed E-state index contributed by atoms with van der Waals surface area (Å²) in [5.41, 5.74) is -0.480. The standard InChI is InChI=1S/C19H21N7O3S/c1-4-10-26-13(11-29-12-8-6-5-7-9-12)22-23-18(26)30-17-20-14-15(21-17)24(2)19(28)25(3)16(14)27/h4-9,14,17,20H,1,10-11H2,2-3H3/t14-,17+/m0/s1. The molecule has 0 radical (unpaired) electrons. The Kier molecular flexibility index (Phi) is 5.55. The lowest BCUT2D eigenvalue weighted by atomic mass is 10.2. The van der Waals surface area contributed by atoms with Gasteiger partial charge in [0.05, 0.1) is 0 Å². The molecule has 3 amide bonds. The highest BCUT2D eigenvalue weighted by molar-refractivity contribution is 7.99. The van der Waals surface area contributed by atoms with E-state index in [1.807, 2.05) is 34.9 Å². The number of likely N-dealkylation sites (N-methyl/N-ethyl adjacent to an activating group) is 2. The molecule has 0 bridgehead atoms. The molecule has 2 aromatic rings. The van der Waals surface area contributed by atoms with Crippen LogP contribution in [-0.4, -0.2) is 68.0 Å². The number of nitrogens with zero attached hydrogens (tertiary/aromatic N) is 6. The zero-order valence-corrected chi connectivity index (χ0v) is 17.4. The zero-order chi connectivity index (χ0) is 21.3. The van der Waals surface area contributed by atoms with Crippen molar-refractivity contribution in [3.63, 3.8) is 0 Å². The molecule has 0 unspecified atom stereocenters. The number of aromatic nitrogens is 3. The number of hydrogen-bond acceptors (Lipinski definition) is 8. The summed E-state index contributed by atoms with van der Waals surface area (Å²) in [4.78, 5) is 31.5. The van der Waals surface area contributed by atoms with Crippen molar-refractivity contribution in [2.24, 2.45) is 4.99 Å². The Bertz CT molecular complexity index is 1010. The number of benzene rings is 1. The van der Waals surface area contributed by atoms with Gasteiger partial charge in [-0.15, -0.1) is 16.8 Å². The van der Waals surface area contributed by atoms with Gasteiger partial charge in [-0.3, -0.25) is 24.5 Å². The van der Waals surface area contributed by atoms with Gasteiger partial charge in [-0.2, -0.15) is 0 Å². The summed E-state index contributed by atoms with van der Waals surface area (Å²) in [6, 6.07) is 8.39. The van der Waals surface area contributed by atoms with E-state index in [2.05, 4.69) is 27.1 Å². The van der Waals surface area contributed by atoms with E-state index < -0.39 is 17.6 Å². The number of ether oxygens (including phenoxy) is 1. The van der Waals surface area contributed by atoms with Crippen LogP contribution in [0.1, 0.15) is 5.82 Å². The molecule has 4 rings (SSSR count). The van der Waals surface area contributed by atoms with E-state index in [1.54, 1.807) is 13.1 Å². The summed E-state index contributed by atoms with van der Waals surface area (Å²) in [5.74, 6) is 1.46. The molecule has 0 spiro atoms. The highest BCUT2D eigenvalue weighted by atomic mass is 32.2. The van der Waals surface area contributed by atoms with Crippen molar-refractivity contribution in [1.29, 1.82) is 0 Å². The monoisotopic (exact) mass is 427 g/mol. The first-order valence-corrected chi connectivity index (χ1v) is 10.1. The highest BCUT2D eigenvalue weighted by Crippen LogP contribution is 2.28. The average Bonchev–Trinajstić information content (AvgIpc) is 3.35. The number of para-hydroxylation sites is 1. The predicted octanol–water partition coefficient (Wildman–Crippen LogP) is 1.31. The van der Waals surface area contributed by atoms with Crippen LogP contribution in [0.5, 0.6) is 5.75 Å². The zero-order valence-electron chi connectivity index (χ0n) is 16.6. The molecule has 3 heterocycles. The van der Waals surface area contributed by atoms with Gasteiger partial charge in [-0.25, -0.2) is 9.79 Å². The molecular formula is C19H21N7O3S. The third kappa shape index (κ3) is 3.68. The minimum atomic E-state index is -0.660. The van der Waals surface area contributed by atoms with E-state index in [-0.39, 0.29) is 12.5 Å². The molecule has 0 aliphatic carbocycles. The van der Waals surface area contributed by atoms with Gasteiger partial charge in [0.25, 0.3) is 5.91 Å². The average molecular weight is 427 g/mol. The Balaban J connectivity index is 1.50. The summed E-state index contributed by atoms with van der Waals surface area (Å²) < 4.78 is 7.67. The third-order valence-electron chi connectivity index (χ3n) is 4.75. The summed E-state index contributed by atoms with van der Waals surface area (Å²) in [5, 5.41) is 12.3. The maximum atomic E-state index is 12.4. The quantitative estimate of drug-likeness (QED) is 0.664. The van der Waals surface area contributed by atoms with Crippen LogP contribution >= 0.6 is 11.8 Å². The van der Waals surface area contributed by atoms with E-state index in [4.69, 9.17) is 4.74 Å². The van der Waals surface area contributed by atoms with E-state index in [1.165, 1.54) is 23.7 Å². The number of carbonyl (C=O) groups excluding carboxylic acids is 2. The van der Waals surface area contributed by atoms with E-state index >= 15 is 0 Å². The first-order chi connectivity index (χ1) is 14.5. The molecule has 1 aromatic heterocycles. The number of thioether (sulfide) groups is 1. The van der Waals surface area contributed by atoms with Crippen LogP contribution in [0.2, 0.25) is 0 Å². The molecule has 2 atom stereocenters. The Morgan fingerprint density at radius 1 is 1.20 bits per heavy atom. The highest BCUT2D eigenvalue weighted by Gasteiger charge is 2.45. The fraction of sp³-hybridized carbons (Fsp3) is 0.316. The summed E-state index contributed by atoms with van der Waals surface area (Å²) in [6.07, 6.45) is 1.75. The molecule has 1 fully saturated rings. The maximum absolute atomic E-state index is 12.4. The Hall–Kier alpha value is -3.18. The van der Waals surface area contributed by atoms with Crippen molar-refractivity contribution < 1.29 is 14.3 Å². The maximum Gasteiger partial charge on any atom is 0.331 e. The van der Waals surface area contributed by atoms with Gasteiger partial charge in [0, 0.05) is 20.6 Å². The van der Waals surface area contributed by atoms with Gasteiger partial charge in [0.2, 0.25) is 0 Å². The van der Waals surface area contributed by atoms with Gasteiger partial charge >= 0.3 is 6.03 Å². The third-order valence-corrected chi connectivity index (χ3v) is 5.72. The Morgan fingerprint density at radius 3 is 2.70 bits per heavy atom. The fourth-order valence-corrected chi connectivity index (χ4v) is 4.13. The molecule has 10 nitrogen and oxygen atoms in total. The largest absolute Gasteiger partial charge is 0.486 e. The first-order valence-electron chi connectivity index (χ1n) is 9.26. The molecule has 0 saturated carbocycles. The number of aliphatic imine (C=N–C) groups is 1. The van der Waals surface area contributed by atoms with Gasteiger partial charge in [-0.1, -0.05) is 24.3 Å². The van der Waals surface area contributed by atoms with Crippen LogP contribution in [-0.2, 0) is 17.9 Å². The van der Waals surface area contributed by atoms with Crippen molar-refractivity contribution in [3.05, 3.63) is 48.8 Å². The molecule has 156 valence electrons. The lowest BCUT2D eigenvalue weighted by molar-refractivity contribution is -0.128. The number of amides is 3. The van der Waals surface area contributed by atoms with Gasteiger partial charge < -0.3 is 4.74 Å². The minimum Gasteiger partial charge on any atom is -0.486 e. The number of rotatable bonds is 7. The number of urea groups is 1. The number of nitrogens with one attached hydrogen (secondary N) is 1. The second-order valence-corrected chi connectivity index (χ2v) is 7.74. The van der Waals surface area contributed by atoms with Crippen LogP contribution in [0.15, 0.2) is 53.1 Å². The second kappa shape index (κ2) is 8.28. The van der Waals surface area contributed by atoms with E-state index in [0.29, 0.717) is 23.4 Å². The molecule has 11 heteroatoms. The summed E-state index contributed by atoms with van der Waals surface area (Å²) in [7, 11) is 3.06. The Morgan fingerprint density at radius 2 is 1.97 bits per heavy atom. The smallest absolute Gasteiger partial charge is 0.331 e. The van der Waals surface area contributed by atoms with Crippen LogP contribution in [0.3, 0.4) is 0 Å². The predicted molar refractivity (Wildman–Crippen MR) is 111 cm³/mol. The van der Waals surface area contributed by atoms with E-state index in [9.17, 15) is 9.59 Å². The molecular weight excluding hydrogens is 406 g/mol. The second-order valence-electron chi connectivity index (χ2n) is 6.70. The van der Waals surface area contributed by atoms with Crippen molar-refractivity contribution >= 4 is 29.5 Å². The molecule has 2 aliphatic rings. The fourth-order valence-electron chi connectivity index (χ4n) is 3.17. The topological polar surface area (TPSA) is 105 Å². The SMILES string of the molecule is C=CCn1c(COc2ccccc2)nnc1S[C@H]1N=C2[C@H](N1)C(=O)N(C)C(=O)N2C. The lowest BCUT2D eigenvalue weighted by Crippen LogP contribution is -2.61. The van der Waals surface area contributed by atoms with Crippen molar-refractivity contribution in [2.75, 3.05) is 14.1 Å². The normalized spacial score (nSPS) is 20.9. The molecule has 1 aromatic carbocycles. The summed E-state index contributed by atoms with van der Waals surface area (Å²) in [6.45, 7) is 4.55. The van der Waals surface area contributed by atoms with Gasteiger partial charge in [-0.05, 0) is 23.9 Å². The number of allylic oxidation sites excluding steroid dienone is 1. The van der Waals surface area contributed by atoms with Crippen LogP contribution in [0.4, 0.5) is 4.79 Å². The van der Waals surface area contributed by atoms with Crippen molar-refractivity contribution in [2.45, 2.75) is 29.8 Å². The molecule has 1 saturated heterocycles. The number of hydrogen-bond donors (Lipinski definition) is 1. The van der Waals surface area contributed by atoms with Crippen LogP contribution in [0.25, 0.3) is 0 Å². The van der Waals surface area contributed by atoms with Crippen molar-refractivity contribution in [3.8, 4) is 5.75 Å². The molecule has 30 heavy (non-hydrogen) atoms. The van der Waals surface area contributed by atoms with E-state index in [0.717, 1.165) is 10.6 Å². The van der Waals surface area contributed by atoms with Crippen LogP contribution < -0.4 is 10.1 Å². The Labute approximate surface area is 177 Å². The molecule has 1 N–H and O–H groups in total. The first kappa shape index (κ1) is 20.1. The molecule has 2 aliphatic heterocycles. The van der Waals surface area contributed by atoms with Gasteiger partial charge in [0.1, 0.15) is 24.2 Å². The number of carbonyl (C=O) groups is 2. The van der Waals surface area contributed by atoms with Crippen LogP contribution in [0, 0.1) is 0 Å². The van der Waals surface area contributed by atoms with Crippen molar-refractivity contribution in [1.82, 2.24) is 29.9 Å². The lowest BCUT2D eigenvalue weighted by Gasteiger charge is -2.32. The number of fused-ring (bicyclic) bond motifs is 1.